The third-order valence-electron chi connectivity index (χ3n) is 2.80. The Morgan fingerprint density at radius 2 is 2.11 bits per heavy atom. The van der Waals surface area contributed by atoms with Crippen molar-refractivity contribution >= 4 is 17.7 Å². The summed E-state index contributed by atoms with van der Waals surface area (Å²) < 4.78 is 10.3. The summed E-state index contributed by atoms with van der Waals surface area (Å²) in [5.41, 5.74) is 0.653. The lowest BCUT2D eigenvalue weighted by Crippen LogP contribution is -2.21. The second kappa shape index (κ2) is 6.19. The Kier molecular flexibility index (Phi) is 4.35. The van der Waals surface area contributed by atoms with E-state index < -0.39 is 12.1 Å². The summed E-state index contributed by atoms with van der Waals surface area (Å²) in [6.07, 6.45) is 1.31. The second-order valence-electron chi connectivity index (χ2n) is 4.24. The van der Waals surface area contributed by atoms with E-state index in [0.717, 1.165) is 12.8 Å². The van der Waals surface area contributed by atoms with Crippen LogP contribution in [0.3, 0.4) is 0 Å². The number of rotatable bonds is 4. The number of amides is 1. The van der Waals surface area contributed by atoms with Crippen LogP contribution in [-0.4, -0.2) is 36.5 Å². The van der Waals surface area contributed by atoms with Crippen molar-refractivity contribution in [3.05, 3.63) is 29.8 Å². The number of benzene rings is 1. The minimum atomic E-state index is -1.01. The van der Waals surface area contributed by atoms with E-state index in [0.29, 0.717) is 12.3 Å². The molecule has 0 unspecified atom stereocenters. The van der Waals surface area contributed by atoms with Gasteiger partial charge in [0.05, 0.1) is 11.7 Å². The van der Waals surface area contributed by atoms with E-state index in [4.69, 9.17) is 14.6 Å². The molecule has 1 aliphatic rings. The molecule has 102 valence electrons. The Morgan fingerprint density at radius 3 is 2.68 bits per heavy atom. The van der Waals surface area contributed by atoms with Crippen LogP contribution < -0.4 is 5.32 Å². The molecule has 6 nitrogen and oxygen atoms in total. The quantitative estimate of drug-likeness (QED) is 0.870. The number of carboxylic acid groups (broad SMARTS) is 1. The largest absolute Gasteiger partial charge is 0.478 e. The molecule has 0 radical (unpaired) electrons. The standard InChI is InChI=1S/C13H15NO5/c15-12(16)9-3-5-10(6-4-9)14-13(17)19-8-11-2-1-7-18-11/h3-6,11H,1-2,7-8H2,(H,14,17)(H,15,16)/t11-/m0/s1. The summed E-state index contributed by atoms with van der Waals surface area (Å²) in [6.45, 7) is 0.950. The third-order valence-corrected chi connectivity index (χ3v) is 2.80. The number of nitrogens with one attached hydrogen (secondary N) is 1. The summed E-state index contributed by atoms with van der Waals surface area (Å²) in [4.78, 5) is 22.1. The minimum Gasteiger partial charge on any atom is -0.478 e. The summed E-state index contributed by atoms with van der Waals surface area (Å²) in [6, 6.07) is 5.85. The van der Waals surface area contributed by atoms with Crippen LogP contribution in [0.1, 0.15) is 23.2 Å². The molecule has 2 N–H and O–H groups in total. The van der Waals surface area contributed by atoms with Gasteiger partial charge in [-0.3, -0.25) is 5.32 Å². The molecule has 1 aromatic carbocycles. The highest BCUT2D eigenvalue weighted by molar-refractivity contribution is 5.89. The Labute approximate surface area is 110 Å². The molecule has 6 heteroatoms. The van der Waals surface area contributed by atoms with Gasteiger partial charge in [-0.1, -0.05) is 0 Å². The molecule has 19 heavy (non-hydrogen) atoms. The third kappa shape index (κ3) is 3.96. The fourth-order valence-electron chi connectivity index (χ4n) is 1.79. The predicted molar refractivity (Wildman–Crippen MR) is 67.3 cm³/mol. The van der Waals surface area contributed by atoms with Gasteiger partial charge in [0.25, 0.3) is 0 Å². The molecular formula is C13H15NO5. The summed E-state index contributed by atoms with van der Waals surface area (Å²) in [5.74, 6) is -1.01. The summed E-state index contributed by atoms with van der Waals surface area (Å²) in [5, 5.41) is 11.3. The van der Waals surface area contributed by atoms with Crippen molar-refractivity contribution in [2.75, 3.05) is 18.5 Å². The fourth-order valence-corrected chi connectivity index (χ4v) is 1.79. The molecule has 1 amide bonds. The highest BCUT2D eigenvalue weighted by atomic mass is 16.6. The fraction of sp³-hybridized carbons (Fsp3) is 0.385. The van der Waals surface area contributed by atoms with Crippen molar-refractivity contribution < 1.29 is 24.2 Å². The van der Waals surface area contributed by atoms with E-state index in [9.17, 15) is 9.59 Å². The molecule has 0 aliphatic carbocycles. The van der Waals surface area contributed by atoms with Gasteiger partial charge in [-0.25, -0.2) is 9.59 Å². The van der Waals surface area contributed by atoms with Crippen LogP contribution in [0.5, 0.6) is 0 Å². The van der Waals surface area contributed by atoms with Crippen molar-refractivity contribution in [3.8, 4) is 0 Å². The Balaban J connectivity index is 1.79. The Hall–Kier alpha value is -2.08. The predicted octanol–water partition coefficient (Wildman–Crippen LogP) is 2.11. The molecule has 1 fully saturated rings. The molecule has 1 saturated heterocycles. The van der Waals surface area contributed by atoms with Crippen molar-refractivity contribution in [3.63, 3.8) is 0 Å². The van der Waals surface area contributed by atoms with Gasteiger partial charge in [-0.05, 0) is 37.1 Å². The number of carboxylic acids is 1. The first-order valence-corrected chi connectivity index (χ1v) is 6.04. The van der Waals surface area contributed by atoms with Crippen LogP contribution in [0.15, 0.2) is 24.3 Å². The first-order valence-electron chi connectivity index (χ1n) is 6.04. The molecule has 1 heterocycles. The number of hydrogen-bond acceptors (Lipinski definition) is 4. The van der Waals surface area contributed by atoms with Crippen molar-refractivity contribution in [1.29, 1.82) is 0 Å². The number of ether oxygens (including phenoxy) is 2. The molecule has 2 rings (SSSR count). The van der Waals surface area contributed by atoms with E-state index in [-0.39, 0.29) is 18.3 Å². The topological polar surface area (TPSA) is 84.9 Å². The number of hydrogen-bond donors (Lipinski definition) is 2. The Bertz CT molecular complexity index is 451. The number of carbonyl (C=O) groups is 2. The van der Waals surface area contributed by atoms with E-state index in [1.165, 1.54) is 24.3 Å². The van der Waals surface area contributed by atoms with Crippen molar-refractivity contribution in [2.24, 2.45) is 0 Å². The molecule has 1 aliphatic heterocycles. The molecule has 0 spiro atoms. The lowest BCUT2D eigenvalue weighted by molar-refractivity contribution is 0.0484. The molecule has 0 bridgehead atoms. The molecular weight excluding hydrogens is 250 g/mol. The zero-order chi connectivity index (χ0) is 13.7. The normalized spacial score (nSPS) is 18.0. The van der Waals surface area contributed by atoms with E-state index in [1.54, 1.807) is 0 Å². The van der Waals surface area contributed by atoms with Gasteiger partial charge in [0.2, 0.25) is 0 Å². The zero-order valence-electron chi connectivity index (χ0n) is 10.3. The summed E-state index contributed by atoms with van der Waals surface area (Å²) >= 11 is 0. The number of aromatic carboxylic acids is 1. The summed E-state index contributed by atoms with van der Waals surface area (Å²) in [7, 11) is 0. The van der Waals surface area contributed by atoms with Gasteiger partial charge in [-0.2, -0.15) is 0 Å². The maximum atomic E-state index is 11.5. The minimum absolute atomic E-state index is 0.0138. The zero-order valence-corrected chi connectivity index (χ0v) is 10.3. The lowest BCUT2D eigenvalue weighted by atomic mass is 10.2. The highest BCUT2D eigenvalue weighted by Gasteiger charge is 2.17. The molecule has 1 atom stereocenters. The first kappa shape index (κ1) is 13.4. The number of carbonyl (C=O) groups excluding carboxylic acids is 1. The average molecular weight is 265 g/mol. The Morgan fingerprint density at radius 1 is 1.37 bits per heavy atom. The van der Waals surface area contributed by atoms with Crippen LogP contribution in [0.2, 0.25) is 0 Å². The molecule has 0 saturated carbocycles. The molecule has 0 aromatic heterocycles. The molecule has 1 aromatic rings. The number of anilines is 1. The van der Waals surface area contributed by atoms with E-state index in [1.807, 2.05) is 0 Å². The van der Waals surface area contributed by atoms with Crippen LogP contribution in [-0.2, 0) is 9.47 Å². The van der Waals surface area contributed by atoms with Crippen molar-refractivity contribution in [2.45, 2.75) is 18.9 Å². The van der Waals surface area contributed by atoms with Gasteiger partial charge in [0, 0.05) is 12.3 Å². The lowest BCUT2D eigenvalue weighted by Gasteiger charge is -2.11. The van der Waals surface area contributed by atoms with Crippen LogP contribution >= 0.6 is 0 Å². The maximum absolute atomic E-state index is 11.5. The van der Waals surface area contributed by atoms with Crippen LogP contribution in [0.25, 0.3) is 0 Å². The maximum Gasteiger partial charge on any atom is 0.411 e. The smallest absolute Gasteiger partial charge is 0.411 e. The van der Waals surface area contributed by atoms with Gasteiger partial charge in [-0.15, -0.1) is 0 Å². The monoisotopic (exact) mass is 265 g/mol. The van der Waals surface area contributed by atoms with Gasteiger partial charge < -0.3 is 14.6 Å². The van der Waals surface area contributed by atoms with Gasteiger partial charge in [0.1, 0.15) is 6.61 Å². The SMILES string of the molecule is O=C(Nc1ccc(C(=O)O)cc1)OC[C@@H]1CCCO1. The van der Waals surface area contributed by atoms with Crippen LogP contribution in [0.4, 0.5) is 10.5 Å². The van der Waals surface area contributed by atoms with Crippen molar-refractivity contribution in [1.82, 2.24) is 0 Å². The van der Waals surface area contributed by atoms with E-state index >= 15 is 0 Å². The van der Waals surface area contributed by atoms with Crippen LogP contribution in [0, 0.1) is 0 Å². The van der Waals surface area contributed by atoms with Gasteiger partial charge >= 0.3 is 12.1 Å². The van der Waals surface area contributed by atoms with Gasteiger partial charge in [0.15, 0.2) is 0 Å². The second-order valence-corrected chi connectivity index (χ2v) is 4.24. The highest BCUT2D eigenvalue weighted by Crippen LogP contribution is 2.13. The van der Waals surface area contributed by atoms with E-state index in [2.05, 4.69) is 5.32 Å². The average Bonchev–Trinajstić information content (AvgIpc) is 2.90. The first-order chi connectivity index (χ1) is 9.15.